The number of benzene rings is 1. The summed E-state index contributed by atoms with van der Waals surface area (Å²) >= 11 is 0. The average molecular weight is 343 g/mol. The first-order valence-corrected chi connectivity index (χ1v) is 9.76. The summed E-state index contributed by atoms with van der Waals surface area (Å²) in [5, 5.41) is 9.68. The molecule has 3 rings (SSSR count). The zero-order valence-corrected chi connectivity index (χ0v) is 14.4. The predicted octanol–water partition coefficient (Wildman–Crippen LogP) is 2.25. The lowest BCUT2D eigenvalue weighted by Crippen LogP contribution is -2.49. The van der Waals surface area contributed by atoms with Gasteiger partial charge in [0, 0.05) is 11.5 Å². The lowest BCUT2D eigenvalue weighted by Gasteiger charge is -2.44. The highest BCUT2D eigenvalue weighted by Gasteiger charge is 2.37. The second kappa shape index (κ2) is 7.51. The number of fused-ring (bicyclic) bond motifs is 3. The van der Waals surface area contributed by atoms with Crippen LogP contribution in [0.25, 0.3) is 0 Å². The van der Waals surface area contributed by atoms with Crippen LogP contribution in [0.15, 0.2) is 18.2 Å². The van der Waals surface area contributed by atoms with E-state index >= 15 is 0 Å². The highest BCUT2D eigenvalue weighted by atomic mass is 32.2. The van der Waals surface area contributed by atoms with E-state index in [4.69, 9.17) is 9.29 Å². The molecule has 2 N–H and O–H groups in total. The van der Waals surface area contributed by atoms with Gasteiger partial charge in [-0.05, 0) is 50.6 Å². The standard InChI is InChI=1S/C15H21NO2.CH4O3S/c1-2-7-16-8-3-4-12-13-9-11(17)5-6-15(13)18-10-14(12)16;1-5(2,3)4/h5-6,9,12,14,17H,2-4,7-8,10H2,1H3;1H3,(H,2,3,4)/t12-,14-;/m0./s1. The van der Waals surface area contributed by atoms with Gasteiger partial charge in [-0.2, -0.15) is 8.42 Å². The van der Waals surface area contributed by atoms with Crippen LogP contribution in [-0.4, -0.2) is 55.0 Å². The Morgan fingerprint density at radius 1 is 1.39 bits per heavy atom. The molecular formula is C16H25NO5S. The minimum absolute atomic E-state index is 0.352. The van der Waals surface area contributed by atoms with Crippen LogP contribution in [0.1, 0.15) is 37.7 Å². The lowest BCUT2D eigenvalue weighted by atomic mass is 9.81. The summed E-state index contributed by atoms with van der Waals surface area (Å²) in [5.74, 6) is 1.85. The molecule has 0 aromatic heterocycles. The maximum atomic E-state index is 9.68. The maximum Gasteiger partial charge on any atom is 0.261 e. The van der Waals surface area contributed by atoms with Crippen molar-refractivity contribution in [1.82, 2.24) is 4.90 Å². The van der Waals surface area contributed by atoms with E-state index in [-0.39, 0.29) is 0 Å². The fraction of sp³-hybridized carbons (Fsp3) is 0.625. The van der Waals surface area contributed by atoms with Crippen molar-refractivity contribution in [2.45, 2.75) is 38.1 Å². The number of likely N-dealkylation sites (tertiary alicyclic amines) is 1. The molecule has 6 nitrogen and oxygen atoms in total. The molecule has 2 heterocycles. The van der Waals surface area contributed by atoms with Gasteiger partial charge in [0.1, 0.15) is 18.1 Å². The molecule has 2 aliphatic heterocycles. The summed E-state index contributed by atoms with van der Waals surface area (Å²) in [5.41, 5.74) is 1.20. The number of piperidine rings is 1. The summed E-state index contributed by atoms with van der Waals surface area (Å²) in [6, 6.07) is 6.00. The molecule has 0 radical (unpaired) electrons. The molecule has 2 aliphatic rings. The molecule has 0 amide bonds. The Morgan fingerprint density at radius 2 is 2.09 bits per heavy atom. The van der Waals surface area contributed by atoms with Gasteiger partial charge in [0.15, 0.2) is 0 Å². The van der Waals surface area contributed by atoms with Gasteiger partial charge in [-0.25, -0.2) is 0 Å². The maximum absolute atomic E-state index is 9.68. The molecule has 1 fully saturated rings. The number of hydrogen-bond acceptors (Lipinski definition) is 5. The number of phenols is 1. The topological polar surface area (TPSA) is 87.1 Å². The Balaban J connectivity index is 0.000000338. The number of nitrogens with zero attached hydrogens (tertiary/aromatic N) is 1. The van der Waals surface area contributed by atoms with Gasteiger partial charge < -0.3 is 9.84 Å². The number of aromatic hydroxyl groups is 1. The van der Waals surface area contributed by atoms with E-state index in [9.17, 15) is 13.5 Å². The number of phenolic OH excluding ortho intramolecular Hbond substituents is 1. The van der Waals surface area contributed by atoms with Crippen molar-refractivity contribution in [1.29, 1.82) is 0 Å². The van der Waals surface area contributed by atoms with Crippen molar-refractivity contribution in [2.24, 2.45) is 0 Å². The SMILES string of the molecule is CCCN1CCC[C@H]2c3cc(O)ccc3OC[C@@H]21.CS(=O)(=O)O. The lowest BCUT2D eigenvalue weighted by molar-refractivity contribution is 0.0658. The third kappa shape index (κ3) is 5.09. The quantitative estimate of drug-likeness (QED) is 0.801. The van der Waals surface area contributed by atoms with Gasteiger partial charge in [0.2, 0.25) is 0 Å². The summed E-state index contributed by atoms with van der Waals surface area (Å²) < 4.78 is 31.7. The van der Waals surface area contributed by atoms with Crippen molar-refractivity contribution >= 4 is 10.1 Å². The number of ether oxygens (including phenoxy) is 1. The molecule has 23 heavy (non-hydrogen) atoms. The zero-order chi connectivity index (χ0) is 17.0. The Morgan fingerprint density at radius 3 is 2.74 bits per heavy atom. The van der Waals surface area contributed by atoms with Gasteiger partial charge in [-0.15, -0.1) is 0 Å². The van der Waals surface area contributed by atoms with E-state index in [1.165, 1.54) is 31.4 Å². The molecule has 1 saturated heterocycles. The molecule has 0 bridgehead atoms. The minimum atomic E-state index is -3.67. The Kier molecular flexibility index (Phi) is 5.89. The van der Waals surface area contributed by atoms with E-state index in [2.05, 4.69) is 11.8 Å². The third-order valence-electron chi connectivity index (χ3n) is 4.21. The molecule has 1 aromatic rings. The molecule has 130 valence electrons. The van der Waals surface area contributed by atoms with Crippen LogP contribution >= 0.6 is 0 Å². The molecule has 0 saturated carbocycles. The highest BCUT2D eigenvalue weighted by Crippen LogP contribution is 2.42. The van der Waals surface area contributed by atoms with Gasteiger partial charge in [-0.3, -0.25) is 9.45 Å². The monoisotopic (exact) mass is 343 g/mol. The van der Waals surface area contributed by atoms with Crippen molar-refractivity contribution < 1.29 is 22.8 Å². The molecule has 1 aromatic carbocycles. The smallest absolute Gasteiger partial charge is 0.261 e. The minimum Gasteiger partial charge on any atom is -0.508 e. The summed E-state index contributed by atoms with van der Waals surface area (Å²) in [6.45, 7) is 5.36. The Labute approximate surface area is 137 Å². The van der Waals surface area contributed by atoms with E-state index in [1.807, 2.05) is 12.1 Å². The van der Waals surface area contributed by atoms with Gasteiger partial charge >= 0.3 is 0 Å². The van der Waals surface area contributed by atoms with E-state index in [0.717, 1.165) is 18.9 Å². The van der Waals surface area contributed by atoms with Gasteiger partial charge in [0.05, 0.1) is 12.3 Å². The fourth-order valence-electron chi connectivity index (χ4n) is 3.41. The van der Waals surface area contributed by atoms with E-state index in [0.29, 0.717) is 24.0 Å². The van der Waals surface area contributed by atoms with Crippen LogP contribution in [0.2, 0.25) is 0 Å². The third-order valence-corrected chi connectivity index (χ3v) is 4.21. The summed E-state index contributed by atoms with van der Waals surface area (Å²) in [4.78, 5) is 2.56. The molecule has 7 heteroatoms. The first-order chi connectivity index (χ1) is 10.8. The largest absolute Gasteiger partial charge is 0.508 e. The van der Waals surface area contributed by atoms with Gasteiger partial charge in [-0.1, -0.05) is 6.92 Å². The Hall–Kier alpha value is -1.31. The number of rotatable bonds is 2. The molecular weight excluding hydrogens is 318 g/mol. The van der Waals surface area contributed by atoms with Crippen molar-refractivity contribution in [3.63, 3.8) is 0 Å². The van der Waals surface area contributed by atoms with E-state index in [1.54, 1.807) is 6.07 Å². The second-order valence-corrected chi connectivity index (χ2v) is 7.58. The second-order valence-electron chi connectivity index (χ2n) is 6.12. The van der Waals surface area contributed by atoms with E-state index < -0.39 is 10.1 Å². The normalized spacial score (nSPS) is 23.8. The Bertz CT molecular complexity index is 621. The highest BCUT2D eigenvalue weighted by molar-refractivity contribution is 7.85. The van der Waals surface area contributed by atoms with Crippen LogP contribution < -0.4 is 4.74 Å². The predicted molar refractivity (Wildman–Crippen MR) is 88.7 cm³/mol. The average Bonchev–Trinajstić information content (AvgIpc) is 2.46. The van der Waals surface area contributed by atoms with Crippen LogP contribution in [0, 0.1) is 0 Å². The fourth-order valence-corrected chi connectivity index (χ4v) is 3.41. The van der Waals surface area contributed by atoms with Crippen LogP contribution in [-0.2, 0) is 10.1 Å². The summed E-state index contributed by atoms with van der Waals surface area (Å²) in [6.07, 6.45) is 4.37. The molecule has 0 spiro atoms. The van der Waals surface area contributed by atoms with Crippen molar-refractivity contribution in [2.75, 3.05) is 26.0 Å². The number of hydrogen-bond donors (Lipinski definition) is 2. The molecule has 0 aliphatic carbocycles. The molecule has 2 atom stereocenters. The van der Waals surface area contributed by atoms with Crippen LogP contribution in [0.3, 0.4) is 0 Å². The zero-order valence-electron chi connectivity index (χ0n) is 13.6. The first kappa shape index (κ1) is 18.0. The van der Waals surface area contributed by atoms with Crippen LogP contribution in [0.4, 0.5) is 0 Å². The summed E-state index contributed by atoms with van der Waals surface area (Å²) in [7, 11) is -3.67. The van der Waals surface area contributed by atoms with Gasteiger partial charge in [0.25, 0.3) is 10.1 Å². The van der Waals surface area contributed by atoms with Crippen LogP contribution in [0.5, 0.6) is 11.5 Å². The molecule has 0 unspecified atom stereocenters. The van der Waals surface area contributed by atoms with Crippen molar-refractivity contribution in [3.8, 4) is 11.5 Å². The van der Waals surface area contributed by atoms with Crippen molar-refractivity contribution in [3.05, 3.63) is 23.8 Å². The first-order valence-electron chi connectivity index (χ1n) is 7.91.